The molecule has 236 valence electrons. The second kappa shape index (κ2) is 14.2. The molecule has 0 atom stereocenters. The largest absolute Gasteiger partial charge is 0.489 e. The summed E-state index contributed by atoms with van der Waals surface area (Å²) in [5.41, 5.74) is 1.76. The lowest BCUT2D eigenvalue weighted by atomic mass is 9.99. The molecule has 0 bridgehead atoms. The summed E-state index contributed by atoms with van der Waals surface area (Å²) in [4.78, 5) is 28.9. The van der Waals surface area contributed by atoms with Crippen LogP contribution >= 0.6 is 11.3 Å². The Morgan fingerprint density at radius 3 is 2.48 bits per heavy atom. The van der Waals surface area contributed by atoms with E-state index in [-0.39, 0.29) is 23.1 Å². The zero-order valence-corrected chi connectivity index (χ0v) is 25.4. The van der Waals surface area contributed by atoms with E-state index in [0.717, 1.165) is 43.1 Å². The third-order valence-corrected chi connectivity index (χ3v) is 8.58. The Morgan fingerprint density at radius 1 is 0.935 bits per heavy atom. The number of ether oxygens (including phenoxy) is 1. The van der Waals surface area contributed by atoms with Crippen LogP contribution in [0.15, 0.2) is 72.9 Å². The van der Waals surface area contributed by atoms with Crippen LogP contribution in [0.5, 0.6) is 5.75 Å². The number of Topliss-reactive ketones (excluding diaryl/α,β-unsaturated/α-hetero) is 1. The van der Waals surface area contributed by atoms with Crippen molar-refractivity contribution in [3.05, 3.63) is 107 Å². The van der Waals surface area contributed by atoms with E-state index < -0.39 is 35.5 Å². The zero-order chi connectivity index (χ0) is 32.0. The lowest BCUT2D eigenvalue weighted by Gasteiger charge is -2.15. The highest BCUT2D eigenvalue weighted by Gasteiger charge is 2.20. The van der Waals surface area contributed by atoms with Crippen molar-refractivity contribution in [3.8, 4) is 27.6 Å². The molecule has 3 heterocycles. The van der Waals surface area contributed by atoms with Crippen LogP contribution in [-0.2, 0) is 13.1 Å². The molecule has 1 aliphatic rings. The normalized spacial score (nSPS) is 13.2. The molecule has 2 aromatic heterocycles. The van der Waals surface area contributed by atoms with E-state index in [1.807, 2.05) is 0 Å². The van der Waals surface area contributed by atoms with Gasteiger partial charge < -0.3 is 10.1 Å². The minimum atomic E-state index is -0.927. The number of nitrogens with zero attached hydrogens (tertiary/aromatic N) is 4. The van der Waals surface area contributed by atoms with E-state index in [2.05, 4.69) is 25.2 Å². The van der Waals surface area contributed by atoms with Gasteiger partial charge in [0.2, 0.25) is 5.95 Å². The van der Waals surface area contributed by atoms with E-state index in [4.69, 9.17) is 4.74 Å². The van der Waals surface area contributed by atoms with Crippen LogP contribution in [0.3, 0.4) is 0 Å². The molecule has 0 spiro atoms. The quantitative estimate of drug-likeness (QED) is 0.109. The van der Waals surface area contributed by atoms with Crippen molar-refractivity contribution in [1.82, 2.24) is 19.9 Å². The van der Waals surface area contributed by atoms with Gasteiger partial charge in [-0.05, 0) is 67.9 Å². The van der Waals surface area contributed by atoms with E-state index in [1.54, 1.807) is 42.5 Å². The van der Waals surface area contributed by atoms with Gasteiger partial charge >= 0.3 is 0 Å². The van der Waals surface area contributed by atoms with Crippen molar-refractivity contribution in [2.24, 2.45) is 0 Å². The van der Waals surface area contributed by atoms with Crippen molar-refractivity contribution >= 4 is 28.8 Å². The molecule has 0 amide bonds. The number of hydrogen-bond donors (Lipinski definition) is 1. The molecule has 0 unspecified atom stereocenters. The van der Waals surface area contributed by atoms with E-state index in [0.29, 0.717) is 39.7 Å². The van der Waals surface area contributed by atoms with Gasteiger partial charge in [-0.25, -0.2) is 32.5 Å². The molecule has 12 heteroatoms. The molecule has 0 saturated carbocycles. The number of carbonyl (C=O) groups is 1. The summed E-state index contributed by atoms with van der Waals surface area (Å²) in [6.45, 7) is 2.43. The molecule has 1 aliphatic heterocycles. The van der Waals surface area contributed by atoms with Crippen molar-refractivity contribution in [1.29, 1.82) is 0 Å². The molecular weight excluding hydrogens is 618 g/mol. The number of alkyl halides is 1. The van der Waals surface area contributed by atoms with Crippen LogP contribution in [0.2, 0.25) is 0 Å². The first-order valence-electron chi connectivity index (χ1n) is 14.8. The van der Waals surface area contributed by atoms with E-state index in [1.165, 1.54) is 31.2 Å². The van der Waals surface area contributed by atoms with E-state index in [9.17, 15) is 22.4 Å². The standard InChI is InChI=1S/C34H29F4N5O2S/c35-20-30-42-32(22-6-3-5-21(17-22)18-28(44)31-24(36)7-4-8-25(31)37)33(46-30)27-11-12-39-34(41-27)40-23-9-10-29(26(38)19-23)45-16-15-43-13-1-2-14-43/h3-12,17,19H,1-2,13-16,18,20H2,(H,39,40,41). The van der Waals surface area contributed by atoms with Crippen molar-refractivity contribution in [2.45, 2.75) is 25.9 Å². The number of likely N-dealkylation sites (tertiary alicyclic amines) is 1. The lowest BCUT2D eigenvalue weighted by Crippen LogP contribution is -2.25. The third kappa shape index (κ3) is 7.24. The second-order valence-corrected chi connectivity index (χ2v) is 11.8. The first kappa shape index (κ1) is 31.3. The summed E-state index contributed by atoms with van der Waals surface area (Å²) < 4.78 is 62.6. The predicted octanol–water partition coefficient (Wildman–Crippen LogP) is 7.80. The molecule has 46 heavy (non-hydrogen) atoms. The van der Waals surface area contributed by atoms with Crippen LogP contribution in [-0.4, -0.2) is 51.9 Å². The maximum Gasteiger partial charge on any atom is 0.227 e. The van der Waals surface area contributed by atoms with Crippen LogP contribution in [0, 0.1) is 17.5 Å². The van der Waals surface area contributed by atoms with E-state index >= 15 is 0 Å². The topological polar surface area (TPSA) is 80.2 Å². The minimum Gasteiger partial charge on any atom is -0.489 e. The predicted molar refractivity (Wildman–Crippen MR) is 169 cm³/mol. The van der Waals surface area contributed by atoms with Gasteiger partial charge in [0.15, 0.2) is 17.3 Å². The Kier molecular flexibility index (Phi) is 9.65. The summed E-state index contributed by atoms with van der Waals surface area (Å²) in [7, 11) is 0. The third-order valence-electron chi connectivity index (χ3n) is 7.53. The summed E-state index contributed by atoms with van der Waals surface area (Å²) in [6, 6.07) is 16.2. The first-order chi connectivity index (χ1) is 22.4. The van der Waals surface area contributed by atoms with Crippen LogP contribution in [0.4, 0.5) is 29.2 Å². The van der Waals surface area contributed by atoms with Gasteiger partial charge in [0.25, 0.3) is 0 Å². The summed E-state index contributed by atoms with van der Waals surface area (Å²) in [5.74, 6) is -2.73. The van der Waals surface area contributed by atoms with Crippen molar-refractivity contribution in [2.75, 3.05) is 31.6 Å². The van der Waals surface area contributed by atoms with Gasteiger partial charge in [0.05, 0.1) is 21.8 Å². The molecule has 1 N–H and O–H groups in total. The number of thiazole rings is 1. The fourth-order valence-electron chi connectivity index (χ4n) is 5.32. The number of rotatable bonds is 12. The van der Waals surface area contributed by atoms with Crippen LogP contribution in [0.1, 0.15) is 33.8 Å². The highest BCUT2D eigenvalue weighted by atomic mass is 32.1. The number of halogens is 4. The Bertz CT molecular complexity index is 1840. The number of hydrogen-bond acceptors (Lipinski definition) is 8. The van der Waals surface area contributed by atoms with Gasteiger partial charge in [-0.2, -0.15) is 0 Å². The minimum absolute atomic E-state index is 0.162. The van der Waals surface area contributed by atoms with Crippen molar-refractivity contribution in [3.63, 3.8) is 0 Å². The molecular formula is C34H29F4N5O2S. The Morgan fingerprint density at radius 2 is 1.72 bits per heavy atom. The lowest BCUT2D eigenvalue weighted by molar-refractivity contribution is 0.0985. The maximum atomic E-state index is 14.8. The summed E-state index contributed by atoms with van der Waals surface area (Å²) in [6.07, 6.45) is 3.63. The smallest absolute Gasteiger partial charge is 0.227 e. The molecule has 7 nitrogen and oxygen atoms in total. The van der Waals surface area contributed by atoms with Gasteiger partial charge in [-0.3, -0.25) is 9.69 Å². The number of carbonyl (C=O) groups excluding carboxylic acids is 1. The van der Waals surface area contributed by atoms with Gasteiger partial charge in [0.1, 0.15) is 29.9 Å². The number of aromatic nitrogens is 3. The first-order valence-corrected chi connectivity index (χ1v) is 15.6. The summed E-state index contributed by atoms with van der Waals surface area (Å²) in [5, 5.41) is 3.22. The van der Waals surface area contributed by atoms with Gasteiger partial charge in [-0.1, -0.05) is 24.3 Å². The average Bonchev–Trinajstić information content (AvgIpc) is 3.73. The van der Waals surface area contributed by atoms with Crippen molar-refractivity contribution < 1.29 is 27.1 Å². The fraction of sp³-hybridized carbons (Fsp3) is 0.235. The summed E-state index contributed by atoms with van der Waals surface area (Å²) >= 11 is 1.11. The highest BCUT2D eigenvalue weighted by molar-refractivity contribution is 7.15. The number of anilines is 2. The highest BCUT2D eigenvalue weighted by Crippen LogP contribution is 2.37. The number of benzene rings is 3. The SMILES string of the molecule is O=C(Cc1cccc(-c2nc(CF)sc2-c2ccnc(Nc3ccc(OCCN4CCCC4)c(F)c3)n2)c1)c1c(F)cccc1F. The molecule has 5 aromatic rings. The molecule has 0 radical (unpaired) electrons. The Hall–Kier alpha value is -4.68. The Labute approximate surface area is 266 Å². The molecule has 3 aromatic carbocycles. The van der Waals surface area contributed by atoms with Crippen LogP contribution in [0.25, 0.3) is 21.8 Å². The molecule has 6 rings (SSSR count). The van der Waals surface area contributed by atoms with Gasteiger partial charge in [-0.15, -0.1) is 11.3 Å². The Balaban J connectivity index is 1.20. The number of nitrogens with one attached hydrogen (secondary N) is 1. The molecule has 0 aliphatic carbocycles. The number of ketones is 1. The molecule has 1 fully saturated rings. The van der Waals surface area contributed by atoms with Gasteiger partial charge in [0, 0.05) is 36.5 Å². The monoisotopic (exact) mass is 647 g/mol. The zero-order valence-electron chi connectivity index (χ0n) is 24.6. The molecule has 1 saturated heterocycles. The second-order valence-electron chi connectivity index (χ2n) is 10.7. The average molecular weight is 648 g/mol. The van der Waals surface area contributed by atoms with Crippen LogP contribution < -0.4 is 10.1 Å². The fourth-order valence-corrected chi connectivity index (χ4v) is 6.22. The maximum absolute atomic E-state index is 14.8.